The maximum atomic E-state index is 12.6. The average molecular weight is 433 g/mol. The van der Waals surface area contributed by atoms with Crippen LogP contribution in [-0.2, 0) is 14.8 Å². The number of nitrogens with zero attached hydrogens (tertiary/aromatic N) is 1. The first-order valence-electron chi connectivity index (χ1n) is 7.30. The number of halogens is 2. The number of para-hydroxylation sites is 1. The number of nitrogens with one attached hydrogen (secondary N) is 1. The smallest absolute Gasteiger partial charge is 0.339 e. The lowest BCUT2D eigenvalue weighted by Gasteiger charge is -2.18. The number of phenols is 1. The Bertz CT molecular complexity index is 990. The lowest BCUT2D eigenvalue weighted by atomic mass is 10.2. The number of carbonyl (C=O) groups excluding carboxylic acids is 1. The zero-order chi connectivity index (χ0) is 20.4. The van der Waals surface area contributed by atoms with E-state index < -0.39 is 39.8 Å². The third kappa shape index (κ3) is 4.69. The van der Waals surface area contributed by atoms with Crippen molar-refractivity contribution in [1.82, 2.24) is 4.31 Å². The van der Waals surface area contributed by atoms with Gasteiger partial charge in [-0.15, -0.1) is 0 Å². The highest BCUT2D eigenvalue weighted by Crippen LogP contribution is 2.30. The summed E-state index contributed by atoms with van der Waals surface area (Å²) in [7, 11) is -3.04. The van der Waals surface area contributed by atoms with Crippen molar-refractivity contribution in [2.45, 2.75) is 4.90 Å². The number of amides is 1. The number of carbonyl (C=O) groups is 2. The molecule has 144 valence electrons. The van der Waals surface area contributed by atoms with Gasteiger partial charge in [-0.1, -0.05) is 29.3 Å². The van der Waals surface area contributed by atoms with Crippen molar-refractivity contribution in [2.24, 2.45) is 0 Å². The number of hydrogen-bond donors (Lipinski definition) is 3. The molecule has 0 aliphatic carbocycles. The molecule has 0 spiro atoms. The van der Waals surface area contributed by atoms with Gasteiger partial charge in [-0.2, -0.15) is 4.31 Å². The summed E-state index contributed by atoms with van der Waals surface area (Å²) in [5.74, 6) is -2.76. The molecular weight excluding hydrogens is 419 g/mol. The lowest BCUT2D eigenvalue weighted by molar-refractivity contribution is -0.116. The Labute approximate surface area is 165 Å². The maximum Gasteiger partial charge on any atom is 0.339 e. The molecule has 11 heteroatoms. The van der Waals surface area contributed by atoms with E-state index in [4.69, 9.17) is 28.3 Å². The summed E-state index contributed by atoms with van der Waals surface area (Å²) in [5, 5.41) is 21.3. The fourth-order valence-corrected chi connectivity index (χ4v) is 3.76. The highest BCUT2D eigenvalue weighted by atomic mass is 35.5. The Morgan fingerprint density at radius 3 is 2.30 bits per heavy atom. The monoisotopic (exact) mass is 432 g/mol. The second-order valence-electron chi connectivity index (χ2n) is 5.39. The molecule has 0 aliphatic heterocycles. The van der Waals surface area contributed by atoms with E-state index >= 15 is 0 Å². The summed E-state index contributed by atoms with van der Waals surface area (Å²) in [6, 6.07) is 7.40. The van der Waals surface area contributed by atoms with Gasteiger partial charge in [-0.3, -0.25) is 4.79 Å². The predicted molar refractivity (Wildman–Crippen MR) is 100.0 cm³/mol. The fraction of sp³-hybridized carbons (Fsp3) is 0.125. The molecule has 0 saturated carbocycles. The van der Waals surface area contributed by atoms with Gasteiger partial charge in [-0.25, -0.2) is 13.2 Å². The molecule has 0 fully saturated rings. The summed E-state index contributed by atoms with van der Waals surface area (Å²) in [5.41, 5.74) is -0.425. The van der Waals surface area contributed by atoms with E-state index in [1.807, 2.05) is 0 Å². The van der Waals surface area contributed by atoms with Gasteiger partial charge in [0.25, 0.3) is 0 Å². The highest BCUT2D eigenvalue weighted by Gasteiger charge is 2.25. The molecule has 0 atom stereocenters. The number of likely N-dealkylation sites (N-methyl/N-ethyl adjacent to an activating group) is 1. The van der Waals surface area contributed by atoms with Gasteiger partial charge in [0.15, 0.2) is 0 Å². The van der Waals surface area contributed by atoms with Gasteiger partial charge < -0.3 is 15.5 Å². The molecule has 0 aromatic heterocycles. The molecule has 1 amide bonds. The lowest BCUT2D eigenvalue weighted by Crippen LogP contribution is -2.35. The van der Waals surface area contributed by atoms with E-state index in [2.05, 4.69) is 5.32 Å². The third-order valence-electron chi connectivity index (χ3n) is 3.50. The van der Waals surface area contributed by atoms with Crippen LogP contribution in [0, 0.1) is 0 Å². The van der Waals surface area contributed by atoms with Crippen molar-refractivity contribution in [3.8, 4) is 5.75 Å². The minimum absolute atomic E-state index is 0.148. The number of rotatable bonds is 6. The first kappa shape index (κ1) is 21.0. The van der Waals surface area contributed by atoms with Crippen LogP contribution < -0.4 is 5.32 Å². The molecule has 0 aliphatic rings. The van der Waals surface area contributed by atoms with Crippen LogP contribution in [0.25, 0.3) is 0 Å². The summed E-state index contributed by atoms with van der Waals surface area (Å²) in [6.45, 7) is -0.576. The minimum atomic E-state index is -4.19. The zero-order valence-corrected chi connectivity index (χ0v) is 16.1. The quantitative estimate of drug-likeness (QED) is 0.644. The number of aromatic hydroxyl groups is 1. The molecule has 0 radical (unpaired) electrons. The second-order valence-corrected chi connectivity index (χ2v) is 8.25. The number of carboxylic acids is 1. The molecule has 0 bridgehead atoms. The molecule has 2 aromatic rings. The molecule has 0 unspecified atom stereocenters. The Morgan fingerprint density at radius 2 is 1.74 bits per heavy atom. The van der Waals surface area contributed by atoms with E-state index in [0.29, 0.717) is 0 Å². The van der Waals surface area contributed by atoms with Crippen LogP contribution in [0.5, 0.6) is 5.75 Å². The van der Waals surface area contributed by atoms with Gasteiger partial charge in [0, 0.05) is 7.05 Å². The number of sulfonamides is 1. The number of aromatic carboxylic acids is 1. The Hall–Kier alpha value is -2.33. The van der Waals surface area contributed by atoms with Crippen LogP contribution in [0.15, 0.2) is 41.3 Å². The van der Waals surface area contributed by atoms with Crippen LogP contribution in [0.2, 0.25) is 10.0 Å². The number of benzene rings is 2. The molecule has 2 rings (SSSR count). The summed E-state index contributed by atoms with van der Waals surface area (Å²) in [6.07, 6.45) is 0. The van der Waals surface area contributed by atoms with Gasteiger partial charge >= 0.3 is 5.97 Å². The van der Waals surface area contributed by atoms with Gasteiger partial charge in [0.1, 0.15) is 11.3 Å². The number of anilines is 1. The van der Waals surface area contributed by atoms with Crippen molar-refractivity contribution in [1.29, 1.82) is 0 Å². The third-order valence-corrected chi connectivity index (χ3v) is 5.93. The first-order valence-corrected chi connectivity index (χ1v) is 9.50. The first-order chi connectivity index (χ1) is 12.5. The molecule has 3 N–H and O–H groups in total. The Morgan fingerprint density at radius 1 is 1.15 bits per heavy atom. The molecule has 2 aromatic carbocycles. The van der Waals surface area contributed by atoms with Crippen molar-refractivity contribution in [2.75, 3.05) is 18.9 Å². The van der Waals surface area contributed by atoms with Crippen LogP contribution in [0.1, 0.15) is 10.4 Å². The van der Waals surface area contributed by atoms with Crippen molar-refractivity contribution in [3.63, 3.8) is 0 Å². The molecule has 8 nitrogen and oxygen atoms in total. The molecule has 0 heterocycles. The van der Waals surface area contributed by atoms with E-state index in [-0.39, 0.29) is 20.6 Å². The minimum Gasteiger partial charge on any atom is -0.507 e. The van der Waals surface area contributed by atoms with Crippen molar-refractivity contribution in [3.05, 3.63) is 52.0 Å². The van der Waals surface area contributed by atoms with Crippen LogP contribution in [0.3, 0.4) is 0 Å². The summed E-state index contributed by atoms with van der Waals surface area (Å²) < 4.78 is 25.8. The normalized spacial score (nSPS) is 11.4. The second kappa shape index (κ2) is 8.13. The molecule has 27 heavy (non-hydrogen) atoms. The predicted octanol–water partition coefficient (Wildman–Crippen LogP) is 2.66. The zero-order valence-electron chi connectivity index (χ0n) is 13.8. The van der Waals surface area contributed by atoms with Crippen molar-refractivity contribution >= 4 is 50.8 Å². The highest BCUT2D eigenvalue weighted by molar-refractivity contribution is 7.89. The Balaban J connectivity index is 2.21. The largest absolute Gasteiger partial charge is 0.507 e. The summed E-state index contributed by atoms with van der Waals surface area (Å²) in [4.78, 5) is 22.8. The van der Waals surface area contributed by atoms with E-state index in [9.17, 15) is 23.1 Å². The molecular formula is C16H14Cl2N2O6S. The van der Waals surface area contributed by atoms with E-state index in [1.54, 1.807) is 6.07 Å². The summed E-state index contributed by atoms with van der Waals surface area (Å²) >= 11 is 11.9. The van der Waals surface area contributed by atoms with Gasteiger partial charge in [0.2, 0.25) is 15.9 Å². The maximum absolute atomic E-state index is 12.6. The topological polar surface area (TPSA) is 124 Å². The van der Waals surface area contributed by atoms with Crippen LogP contribution >= 0.6 is 23.2 Å². The SMILES string of the molecule is CN(CC(=O)Nc1c(Cl)cccc1Cl)S(=O)(=O)c1ccc(O)c(C(=O)O)c1. The Kier molecular flexibility index (Phi) is 6.32. The fourth-order valence-electron chi connectivity index (χ4n) is 2.11. The molecule has 0 saturated heterocycles. The van der Waals surface area contributed by atoms with Crippen LogP contribution in [-0.4, -0.2) is 48.4 Å². The average Bonchev–Trinajstić information content (AvgIpc) is 2.58. The van der Waals surface area contributed by atoms with Crippen molar-refractivity contribution < 1.29 is 28.2 Å². The van der Waals surface area contributed by atoms with Gasteiger partial charge in [-0.05, 0) is 30.3 Å². The number of hydrogen-bond acceptors (Lipinski definition) is 5. The van der Waals surface area contributed by atoms with Gasteiger partial charge in [0.05, 0.1) is 27.2 Å². The van der Waals surface area contributed by atoms with E-state index in [0.717, 1.165) is 29.6 Å². The standard InChI is InChI=1S/C16H14Cl2N2O6S/c1-20(8-14(22)19-15-11(17)3-2-4-12(15)18)27(25,26)9-5-6-13(21)10(7-9)16(23)24/h2-7,21H,8H2,1H3,(H,19,22)(H,23,24). The van der Waals surface area contributed by atoms with Crippen LogP contribution in [0.4, 0.5) is 5.69 Å². The number of carboxylic acid groups (broad SMARTS) is 1. The van der Waals surface area contributed by atoms with E-state index in [1.165, 1.54) is 12.1 Å².